The molecule has 7 nitrogen and oxygen atoms in total. The number of halogens is 1. The molecule has 0 atom stereocenters. The van der Waals surface area contributed by atoms with Gasteiger partial charge < -0.3 is 15.4 Å². The molecule has 1 aromatic heterocycles. The summed E-state index contributed by atoms with van der Waals surface area (Å²) < 4.78 is 5.62. The number of nitrogens with two attached hydrogens (primary N) is 1. The molecule has 0 aliphatic carbocycles. The van der Waals surface area contributed by atoms with E-state index in [1.54, 1.807) is 6.08 Å². The van der Waals surface area contributed by atoms with Crippen LogP contribution in [0.15, 0.2) is 53.6 Å². The Morgan fingerprint density at radius 3 is 2.45 bits per heavy atom. The number of allylic oxidation sites excluding steroid dienone is 1. The summed E-state index contributed by atoms with van der Waals surface area (Å²) in [4.78, 5) is 19.0. The quantitative estimate of drug-likeness (QED) is 0.247. The number of aliphatic carboxylic acids is 1. The zero-order chi connectivity index (χ0) is 29.1. The van der Waals surface area contributed by atoms with Gasteiger partial charge in [0.15, 0.2) is 0 Å². The summed E-state index contributed by atoms with van der Waals surface area (Å²) in [7, 11) is 0. The maximum atomic E-state index is 12.0. The third kappa shape index (κ3) is 7.19. The van der Waals surface area contributed by atoms with Gasteiger partial charge in [0, 0.05) is 28.2 Å². The highest BCUT2D eigenvalue weighted by Crippen LogP contribution is 2.37. The molecule has 40 heavy (non-hydrogen) atoms. The van der Waals surface area contributed by atoms with Gasteiger partial charge in [-0.05, 0) is 99.8 Å². The predicted octanol–water partition coefficient (Wildman–Crippen LogP) is 6.78. The molecule has 2 aromatic carbocycles. The Hall–Kier alpha value is -3.00. The second-order valence-corrected chi connectivity index (χ2v) is 12.7. The zero-order valence-corrected chi connectivity index (χ0v) is 24.8. The molecule has 0 unspecified atom stereocenters. The van der Waals surface area contributed by atoms with Crippen LogP contribution in [-0.4, -0.2) is 44.7 Å². The van der Waals surface area contributed by atoms with Crippen molar-refractivity contribution in [1.29, 1.82) is 0 Å². The van der Waals surface area contributed by atoms with E-state index in [1.807, 2.05) is 38.1 Å². The van der Waals surface area contributed by atoms with Gasteiger partial charge in [0.05, 0.1) is 5.41 Å². The van der Waals surface area contributed by atoms with E-state index in [4.69, 9.17) is 21.9 Å². The van der Waals surface area contributed by atoms with Crippen LogP contribution in [0.25, 0.3) is 22.8 Å². The van der Waals surface area contributed by atoms with Crippen molar-refractivity contribution in [3.8, 4) is 22.8 Å². The van der Waals surface area contributed by atoms with Crippen LogP contribution in [0.3, 0.4) is 0 Å². The average molecular weight is 565 g/mol. The number of rotatable bonds is 11. The molecule has 1 saturated heterocycles. The maximum absolute atomic E-state index is 12.0. The van der Waals surface area contributed by atoms with E-state index in [9.17, 15) is 9.90 Å². The number of piperidine rings is 1. The molecule has 0 saturated carbocycles. The summed E-state index contributed by atoms with van der Waals surface area (Å²) in [6.07, 6.45) is 5.03. The molecule has 8 heteroatoms. The van der Waals surface area contributed by atoms with Gasteiger partial charge in [-0.3, -0.25) is 9.69 Å². The molecule has 2 heterocycles. The Morgan fingerprint density at radius 2 is 1.85 bits per heavy atom. The van der Waals surface area contributed by atoms with Crippen LogP contribution < -0.4 is 5.73 Å². The van der Waals surface area contributed by atoms with E-state index in [0.29, 0.717) is 48.3 Å². The molecule has 3 aromatic rings. The van der Waals surface area contributed by atoms with E-state index in [0.717, 1.165) is 48.3 Å². The van der Waals surface area contributed by atoms with Gasteiger partial charge in [0.25, 0.3) is 5.89 Å². The highest BCUT2D eigenvalue weighted by Gasteiger charge is 2.40. The molecule has 0 radical (unpaired) electrons. The summed E-state index contributed by atoms with van der Waals surface area (Å²) in [5.41, 5.74) is 10.4. The second-order valence-electron chi connectivity index (χ2n) is 12.3. The number of nitrogens with zero attached hydrogens (tertiary/aromatic N) is 3. The van der Waals surface area contributed by atoms with Crippen LogP contribution in [0.2, 0.25) is 5.02 Å². The zero-order valence-electron chi connectivity index (χ0n) is 24.0. The number of likely N-dealkylation sites (tertiary alicyclic amines) is 1. The van der Waals surface area contributed by atoms with Gasteiger partial charge >= 0.3 is 5.97 Å². The Balaban J connectivity index is 1.55. The summed E-state index contributed by atoms with van der Waals surface area (Å²) in [6.45, 7) is 14.3. The molecule has 0 amide bonds. The van der Waals surface area contributed by atoms with Gasteiger partial charge in [-0.25, -0.2) is 0 Å². The largest absolute Gasteiger partial charge is 0.481 e. The van der Waals surface area contributed by atoms with Gasteiger partial charge in [-0.15, -0.1) is 6.58 Å². The average Bonchev–Trinajstić information content (AvgIpc) is 3.37. The Labute approximate surface area is 242 Å². The summed E-state index contributed by atoms with van der Waals surface area (Å²) in [5, 5.41) is 14.8. The minimum atomic E-state index is -0.727. The predicted molar refractivity (Wildman–Crippen MR) is 160 cm³/mol. The standard InChI is InChI=1S/C32H41ClN4O3/c1-6-11-32(30(38)39)12-14-37(15-13-32)20-25-10-8-23(17-26(25)19-31(4,5)34)28-35-29(40-36-28)24-9-7-22(16-21(2)3)27(33)18-24/h6-10,17-18,21H,1,11-16,19-20,34H2,2-5H3,(H,38,39). The lowest BCUT2D eigenvalue weighted by Crippen LogP contribution is -2.44. The van der Waals surface area contributed by atoms with Crippen molar-refractivity contribution in [2.24, 2.45) is 17.1 Å². The van der Waals surface area contributed by atoms with Crippen molar-refractivity contribution in [2.45, 2.75) is 71.9 Å². The van der Waals surface area contributed by atoms with E-state index in [1.165, 1.54) is 5.56 Å². The van der Waals surface area contributed by atoms with Gasteiger partial charge in [-0.2, -0.15) is 4.98 Å². The lowest BCUT2D eigenvalue weighted by molar-refractivity contribution is -0.152. The molecular formula is C32H41ClN4O3. The Morgan fingerprint density at radius 1 is 1.18 bits per heavy atom. The minimum Gasteiger partial charge on any atom is -0.481 e. The molecule has 3 N–H and O–H groups in total. The normalized spacial score (nSPS) is 15.9. The fourth-order valence-corrected chi connectivity index (χ4v) is 5.74. The minimum absolute atomic E-state index is 0.408. The first-order valence-corrected chi connectivity index (χ1v) is 14.4. The lowest BCUT2D eigenvalue weighted by Gasteiger charge is -2.38. The monoisotopic (exact) mass is 564 g/mol. The highest BCUT2D eigenvalue weighted by molar-refractivity contribution is 6.31. The van der Waals surface area contributed by atoms with Gasteiger partial charge in [-0.1, -0.05) is 54.9 Å². The van der Waals surface area contributed by atoms with Crippen molar-refractivity contribution in [3.05, 3.63) is 70.8 Å². The smallest absolute Gasteiger partial charge is 0.310 e. The van der Waals surface area contributed by atoms with Crippen molar-refractivity contribution in [1.82, 2.24) is 15.0 Å². The number of hydrogen-bond acceptors (Lipinski definition) is 6. The third-order valence-corrected chi connectivity index (χ3v) is 8.01. The maximum Gasteiger partial charge on any atom is 0.310 e. The van der Waals surface area contributed by atoms with E-state index in [-0.39, 0.29) is 0 Å². The molecular weight excluding hydrogens is 524 g/mol. The van der Waals surface area contributed by atoms with Gasteiger partial charge in [0.1, 0.15) is 0 Å². The Bertz CT molecular complexity index is 1350. The first kappa shape index (κ1) is 30.0. The number of carboxylic acid groups (broad SMARTS) is 1. The SMILES string of the molecule is C=CCC1(C(=O)O)CCN(Cc2ccc(-c3noc(-c4ccc(CC(C)C)c(Cl)c4)n3)cc2CC(C)(C)N)CC1. The van der Waals surface area contributed by atoms with E-state index in [2.05, 4.69) is 47.6 Å². The fourth-order valence-electron chi connectivity index (χ4n) is 5.48. The van der Waals surface area contributed by atoms with Crippen LogP contribution in [0, 0.1) is 11.3 Å². The third-order valence-electron chi connectivity index (χ3n) is 7.66. The Kier molecular flexibility index (Phi) is 9.18. The van der Waals surface area contributed by atoms with E-state index >= 15 is 0 Å². The van der Waals surface area contributed by atoms with Gasteiger partial charge in [0.2, 0.25) is 5.82 Å². The molecule has 0 bridgehead atoms. The number of carbonyl (C=O) groups is 1. The van der Waals surface area contributed by atoms with Crippen molar-refractivity contribution >= 4 is 17.6 Å². The first-order chi connectivity index (χ1) is 18.9. The first-order valence-electron chi connectivity index (χ1n) is 14.0. The molecule has 214 valence electrons. The number of hydrogen-bond donors (Lipinski definition) is 2. The molecule has 1 fully saturated rings. The molecule has 4 rings (SSSR count). The van der Waals surface area contributed by atoms with Crippen LogP contribution in [-0.2, 0) is 24.2 Å². The molecule has 1 aliphatic rings. The second kappa shape index (κ2) is 12.2. The number of carboxylic acids is 1. The fraction of sp³-hybridized carbons (Fsp3) is 0.469. The highest BCUT2D eigenvalue weighted by atomic mass is 35.5. The lowest BCUT2D eigenvalue weighted by atomic mass is 9.75. The summed E-state index contributed by atoms with van der Waals surface area (Å²) in [5.74, 6) is 0.718. The van der Waals surface area contributed by atoms with Crippen molar-refractivity contribution in [3.63, 3.8) is 0 Å². The topological polar surface area (TPSA) is 105 Å². The summed E-state index contributed by atoms with van der Waals surface area (Å²) >= 11 is 6.53. The van der Waals surface area contributed by atoms with Crippen molar-refractivity contribution in [2.75, 3.05) is 13.1 Å². The van der Waals surface area contributed by atoms with Crippen LogP contribution in [0.4, 0.5) is 0 Å². The molecule has 0 spiro atoms. The number of aromatic nitrogens is 2. The van der Waals surface area contributed by atoms with E-state index < -0.39 is 16.9 Å². The summed E-state index contributed by atoms with van der Waals surface area (Å²) in [6, 6.07) is 12.1. The van der Waals surface area contributed by atoms with Crippen LogP contribution in [0.1, 0.15) is 63.6 Å². The number of benzene rings is 2. The van der Waals surface area contributed by atoms with Crippen LogP contribution >= 0.6 is 11.6 Å². The molecule has 1 aliphatic heterocycles. The van der Waals surface area contributed by atoms with Crippen molar-refractivity contribution < 1.29 is 14.4 Å². The van der Waals surface area contributed by atoms with Crippen LogP contribution in [0.5, 0.6) is 0 Å².